The van der Waals surface area contributed by atoms with Crippen LogP contribution in [0.1, 0.15) is 16.1 Å². The van der Waals surface area contributed by atoms with Crippen LogP contribution in [-0.2, 0) is 0 Å². The first-order chi connectivity index (χ1) is 8.41. The zero-order chi connectivity index (χ0) is 13.4. The molecule has 7 heteroatoms. The number of hydrogen-bond donors (Lipinski definition) is 1. The SMILES string of the molecule is Cc1onc(-c2c(F)cc(Br)cc2F)c1C(=O)O. The molecule has 0 spiro atoms. The lowest BCUT2D eigenvalue weighted by molar-refractivity contribution is 0.0696. The highest BCUT2D eigenvalue weighted by molar-refractivity contribution is 9.10. The summed E-state index contributed by atoms with van der Waals surface area (Å²) in [6.45, 7) is 1.36. The molecule has 4 nitrogen and oxygen atoms in total. The van der Waals surface area contributed by atoms with E-state index >= 15 is 0 Å². The number of nitrogens with zero attached hydrogens (tertiary/aromatic N) is 1. The number of carbonyl (C=O) groups is 1. The van der Waals surface area contributed by atoms with Crippen LogP contribution in [0.15, 0.2) is 21.1 Å². The Hall–Kier alpha value is -1.76. The number of rotatable bonds is 2. The summed E-state index contributed by atoms with van der Waals surface area (Å²) in [7, 11) is 0. The lowest BCUT2D eigenvalue weighted by Crippen LogP contribution is -2.01. The molecule has 1 aromatic carbocycles. The normalized spacial score (nSPS) is 10.7. The van der Waals surface area contributed by atoms with Gasteiger partial charge in [-0.25, -0.2) is 13.6 Å². The Morgan fingerprint density at radius 2 is 1.94 bits per heavy atom. The van der Waals surface area contributed by atoms with E-state index in [1.165, 1.54) is 6.92 Å². The van der Waals surface area contributed by atoms with Gasteiger partial charge < -0.3 is 9.63 Å². The Morgan fingerprint density at radius 1 is 1.39 bits per heavy atom. The van der Waals surface area contributed by atoms with Gasteiger partial charge in [0, 0.05) is 4.47 Å². The van der Waals surface area contributed by atoms with E-state index in [-0.39, 0.29) is 21.5 Å². The maximum absolute atomic E-state index is 13.7. The molecular weight excluding hydrogens is 312 g/mol. The molecule has 0 fully saturated rings. The predicted molar refractivity (Wildman–Crippen MR) is 61.3 cm³/mol. The van der Waals surface area contributed by atoms with Crippen LogP contribution >= 0.6 is 15.9 Å². The maximum atomic E-state index is 13.7. The minimum absolute atomic E-state index is 0.0146. The molecule has 2 rings (SSSR count). The van der Waals surface area contributed by atoms with Crippen LogP contribution in [0.25, 0.3) is 11.3 Å². The van der Waals surface area contributed by atoms with Crippen LogP contribution in [0.2, 0.25) is 0 Å². The molecule has 0 radical (unpaired) electrons. The van der Waals surface area contributed by atoms with Crippen molar-refractivity contribution in [1.29, 1.82) is 0 Å². The molecule has 0 aliphatic rings. The van der Waals surface area contributed by atoms with Gasteiger partial charge in [0.15, 0.2) is 0 Å². The van der Waals surface area contributed by atoms with E-state index in [4.69, 9.17) is 5.11 Å². The molecule has 94 valence electrons. The number of carboxylic acids is 1. The van der Waals surface area contributed by atoms with E-state index < -0.39 is 23.2 Å². The molecule has 0 aliphatic heterocycles. The van der Waals surface area contributed by atoms with Gasteiger partial charge in [-0.15, -0.1) is 0 Å². The van der Waals surface area contributed by atoms with Gasteiger partial charge in [0.1, 0.15) is 28.7 Å². The number of aryl methyl sites for hydroxylation is 1. The third-order valence-corrected chi connectivity index (χ3v) is 2.78. The first-order valence-corrected chi connectivity index (χ1v) is 5.55. The molecule has 1 N–H and O–H groups in total. The fourth-order valence-electron chi connectivity index (χ4n) is 1.56. The molecule has 0 unspecified atom stereocenters. The molecule has 0 saturated heterocycles. The van der Waals surface area contributed by atoms with Crippen LogP contribution in [0, 0.1) is 18.6 Å². The number of aromatic nitrogens is 1. The number of hydrogen-bond acceptors (Lipinski definition) is 3. The van der Waals surface area contributed by atoms with Gasteiger partial charge in [-0.2, -0.15) is 0 Å². The lowest BCUT2D eigenvalue weighted by atomic mass is 10.1. The number of carboxylic acid groups (broad SMARTS) is 1. The van der Waals surface area contributed by atoms with E-state index in [0.717, 1.165) is 12.1 Å². The second-order valence-electron chi connectivity index (χ2n) is 3.51. The summed E-state index contributed by atoms with van der Waals surface area (Å²) in [5, 5.41) is 12.4. The predicted octanol–water partition coefficient (Wildman–Crippen LogP) is 3.39. The van der Waals surface area contributed by atoms with E-state index in [2.05, 4.69) is 25.6 Å². The van der Waals surface area contributed by atoms with E-state index in [1.807, 2.05) is 0 Å². The van der Waals surface area contributed by atoms with Gasteiger partial charge in [-0.3, -0.25) is 0 Å². The van der Waals surface area contributed by atoms with E-state index in [0.29, 0.717) is 0 Å². The Morgan fingerprint density at radius 3 is 2.44 bits per heavy atom. The first-order valence-electron chi connectivity index (χ1n) is 4.76. The van der Waals surface area contributed by atoms with Crippen molar-refractivity contribution >= 4 is 21.9 Å². The summed E-state index contributed by atoms with van der Waals surface area (Å²) in [6.07, 6.45) is 0. The second-order valence-corrected chi connectivity index (χ2v) is 4.43. The van der Waals surface area contributed by atoms with Crippen molar-refractivity contribution in [3.8, 4) is 11.3 Å². The highest BCUT2D eigenvalue weighted by atomic mass is 79.9. The highest BCUT2D eigenvalue weighted by Gasteiger charge is 2.25. The van der Waals surface area contributed by atoms with Gasteiger partial charge in [0.25, 0.3) is 0 Å². The first kappa shape index (κ1) is 12.7. The fourth-order valence-corrected chi connectivity index (χ4v) is 1.97. The van der Waals surface area contributed by atoms with Crippen molar-refractivity contribution in [2.24, 2.45) is 0 Å². The standard InChI is InChI=1S/C11H6BrF2NO3/c1-4-8(11(16)17)10(15-18-4)9-6(13)2-5(12)3-7(9)14/h2-3H,1H3,(H,16,17). The van der Waals surface area contributed by atoms with Crippen molar-refractivity contribution < 1.29 is 23.2 Å². The summed E-state index contributed by atoms with van der Waals surface area (Å²) in [4.78, 5) is 11.0. The maximum Gasteiger partial charge on any atom is 0.341 e. The summed E-state index contributed by atoms with van der Waals surface area (Å²) in [5.74, 6) is -3.21. The van der Waals surface area contributed by atoms with Crippen LogP contribution in [0.3, 0.4) is 0 Å². The minimum atomic E-state index is -1.36. The molecule has 0 saturated carbocycles. The fraction of sp³-hybridized carbons (Fsp3) is 0.0909. The van der Waals surface area contributed by atoms with Gasteiger partial charge >= 0.3 is 5.97 Å². The lowest BCUT2D eigenvalue weighted by Gasteiger charge is -2.03. The largest absolute Gasteiger partial charge is 0.477 e. The van der Waals surface area contributed by atoms with Crippen molar-refractivity contribution in [2.45, 2.75) is 6.92 Å². The zero-order valence-corrected chi connectivity index (χ0v) is 10.6. The average Bonchev–Trinajstić information content (AvgIpc) is 2.58. The number of benzene rings is 1. The summed E-state index contributed by atoms with van der Waals surface area (Å²) in [5.41, 5.74) is -1.23. The van der Waals surface area contributed by atoms with Crippen LogP contribution in [0.5, 0.6) is 0 Å². The quantitative estimate of drug-likeness (QED) is 0.922. The summed E-state index contributed by atoms with van der Waals surface area (Å²) in [6, 6.07) is 2.04. The highest BCUT2D eigenvalue weighted by Crippen LogP contribution is 2.31. The van der Waals surface area contributed by atoms with Gasteiger partial charge in [0.2, 0.25) is 0 Å². The molecule has 2 aromatic rings. The molecule has 18 heavy (non-hydrogen) atoms. The topological polar surface area (TPSA) is 63.3 Å². The second kappa shape index (κ2) is 4.49. The van der Waals surface area contributed by atoms with Crippen molar-refractivity contribution in [3.63, 3.8) is 0 Å². The molecular formula is C11H6BrF2NO3. The smallest absolute Gasteiger partial charge is 0.341 e. The van der Waals surface area contributed by atoms with Crippen molar-refractivity contribution in [1.82, 2.24) is 5.16 Å². The molecule has 0 atom stereocenters. The van der Waals surface area contributed by atoms with E-state index in [9.17, 15) is 13.6 Å². The Kier molecular flexibility index (Phi) is 3.16. The molecule has 0 amide bonds. The Balaban J connectivity index is 2.74. The third kappa shape index (κ3) is 2.01. The van der Waals surface area contributed by atoms with E-state index in [1.54, 1.807) is 0 Å². The number of halogens is 3. The van der Waals surface area contributed by atoms with Crippen LogP contribution in [0.4, 0.5) is 8.78 Å². The Labute approximate surface area is 108 Å². The molecule has 1 heterocycles. The molecule has 0 bridgehead atoms. The zero-order valence-electron chi connectivity index (χ0n) is 9.00. The average molecular weight is 318 g/mol. The van der Waals surface area contributed by atoms with Crippen LogP contribution < -0.4 is 0 Å². The summed E-state index contributed by atoms with van der Waals surface area (Å²) < 4.78 is 32.3. The monoisotopic (exact) mass is 317 g/mol. The molecule has 0 aliphatic carbocycles. The molecule has 1 aromatic heterocycles. The van der Waals surface area contributed by atoms with Gasteiger partial charge in [-0.1, -0.05) is 21.1 Å². The summed E-state index contributed by atoms with van der Waals surface area (Å²) >= 11 is 2.93. The number of aromatic carboxylic acids is 1. The van der Waals surface area contributed by atoms with Gasteiger partial charge in [-0.05, 0) is 19.1 Å². The van der Waals surface area contributed by atoms with Crippen molar-refractivity contribution in [3.05, 3.63) is 39.6 Å². The van der Waals surface area contributed by atoms with Crippen molar-refractivity contribution in [2.75, 3.05) is 0 Å². The Bertz CT molecular complexity index is 616. The van der Waals surface area contributed by atoms with Crippen LogP contribution in [-0.4, -0.2) is 16.2 Å². The minimum Gasteiger partial charge on any atom is -0.477 e. The third-order valence-electron chi connectivity index (χ3n) is 2.32. The van der Waals surface area contributed by atoms with Gasteiger partial charge in [0.05, 0.1) is 5.56 Å².